The lowest BCUT2D eigenvalue weighted by atomic mass is 9.95. The minimum atomic E-state index is 0.593. The number of hydrogen-bond acceptors (Lipinski definition) is 5. The highest BCUT2D eigenvalue weighted by Crippen LogP contribution is 2.33. The Kier molecular flexibility index (Phi) is 3.21. The van der Waals surface area contributed by atoms with Crippen molar-refractivity contribution in [1.82, 2.24) is 19.7 Å². The summed E-state index contributed by atoms with van der Waals surface area (Å²) in [4.78, 5) is 11.5. The summed E-state index contributed by atoms with van der Waals surface area (Å²) in [7, 11) is 0. The number of piperidine rings is 1. The molecule has 1 fully saturated rings. The van der Waals surface area contributed by atoms with Gasteiger partial charge in [0.15, 0.2) is 16.4 Å². The van der Waals surface area contributed by atoms with E-state index < -0.39 is 0 Å². The van der Waals surface area contributed by atoms with Gasteiger partial charge in [-0.05, 0) is 43.6 Å². The van der Waals surface area contributed by atoms with Crippen LogP contribution in [0.25, 0.3) is 26.5 Å². The molecule has 5 rings (SSSR count). The number of rotatable bonds is 2. The number of aryl methyl sites for hydroxylation is 1. The Morgan fingerprint density at radius 3 is 2.92 bits per heavy atom. The van der Waals surface area contributed by atoms with E-state index in [4.69, 9.17) is 9.40 Å². The second-order valence-corrected chi connectivity index (χ2v) is 7.40. The number of thiazole rings is 1. The molecule has 0 unspecified atom stereocenters. The zero-order valence-electron chi connectivity index (χ0n) is 13.5. The van der Waals surface area contributed by atoms with Gasteiger partial charge in [0, 0.05) is 25.2 Å². The van der Waals surface area contributed by atoms with E-state index in [1.165, 1.54) is 23.4 Å². The predicted molar refractivity (Wildman–Crippen MR) is 95.7 cm³/mol. The predicted octanol–water partition coefficient (Wildman–Crippen LogP) is 3.98. The second kappa shape index (κ2) is 5.43. The van der Waals surface area contributed by atoms with E-state index in [0.29, 0.717) is 11.8 Å². The number of oxazole rings is 1. The molecule has 122 valence electrons. The molecule has 6 heteroatoms. The highest BCUT2D eigenvalue weighted by molar-refractivity contribution is 7.20. The Hall–Kier alpha value is -2.18. The van der Waals surface area contributed by atoms with Crippen molar-refractivity contribution in [3.63, 3.8) is 0 Å². The van der Waals surface area contributed by atoms with Gasteiger partial charge in [-0.1, -0.05) is 17.4 Å². The summed E-state index contributed by atoms with van der Waals surface area (Å²) in [5.74, 6) is 1.30. The van der Waals surface area contributed by atoms with E-state index in [1.807, 2.05) is 13.0 Å². The number of aromatic nitrogens is 3. The molecule has 1 aromatic carbocycles. The summed E-state index contributed by atoms with van der Waals surface area (Å²) in [6.07, 6.45) is 6.73. The number of hydrogen-bond donors (Lipinski definition) is 1. The van der Waals surface area contributed by atoms with Crippen molar-refractivity contribution in [3.05, 3.63) is 42.2 Å². The third-order valence-electron chi connectivity index (χ3n) is 4.71. The summed E-state index contributed by atoms with van der Waals surface area (Å²) < 4.78 is 7.81. The lowest BCUT2D eigenvalue weighted by Gasteiger charge is -2.20. The summed E-state index contributed by atoms with van der Waals surface area (Å²) in [5.41, 5.74) is 4.13. The van der Waals surface area contributed by atoms with Gasteiger partial charge in [-0.2, -0.15) is 0 Å². The summed E-state index contributed by atoms with van der Waals surface area (Å²) >= 11 is 1.72. The number of fused-ring (bicyclic) bond motifs is 2. The monoisotopic (exact) mass is 338 g/mol. The van der Waals surface area contributed by atoms with E-state index >= 15 is 0 Å². The fraction of sp³-hybridized carbons (Fsp3) is 0.333. The lowest BCUT2D eigenvalue weighted by Crippen LogP contribution is -2.26. The molecule has 1 saturated heterocycles. The van der Waals surface area contributed by atoms with Gasteiger partial charge in [-0.15, -0.1) is 0 Å². The fourth-order valence-electron chi connectivity index (χ4n) is 3.45. The Labute approximate surface area is 143 Å². The molecule has 0 bridgehead atoms. The third-order valence-corrected chi connectivity index (χ3v) is 5.76. The second-order valence-electron chi connectivity index (χ2n) is 6.39. The quantitative estimate of drug-likeness (QED) is 0.601. The van der Waals surface area contributed by atoms with Gasteiger partial charge in [-0.3, -0.25) is 4.40 Å². The van der Waals surface area contributed by atoms with E-state index in [1.54, 1.807) is 11.3 Å². The average Bonchev–Trinajstić information content (AvgIpc) is 3.26. The van der Waals surface area contributed by atoms with Crippen molar-refractivity contribution in [2.45, 2.75) is 25.7 Å². The topological polar surface area (TPSA) is 55.4 Å². The van der Waals surface area contributed by atoms with Gasteiger partial charge in [0.2, 0.25) is 0 Å². The summed E-state index contributed by atoms with van der Waals surface area (Å²) in [6.45, 7) is 4.07. The van der Waals surface area contributed by atoms with Crippen LogP contribution < -0.4 is 5.32 Å². The Bertz CT molecular complexity index is 991. The molecule has 1 N–H and O–H groups in total. The first-order chi connectivity index (χ1) is 11.8. The van der Waals surface area contributed by atoms with Crippen molar-refractivity contribution < 1.29 is 4.42 Å². The summed E-state index contributed by atoms with van der Waals surface area (Å²) in [5, 5.41) is 3.41. The highest BCUT2D eigenvalue weighted by Gasteiger charge is 2.19. The fourth-order valence-corrected chi connectivity index (χ4v) is 4.42. The molecule has 0 spiro atoms. The normalized spacial score (nSPS) is 16.4. The molecule has 4 aromatic rings. The molecular formula is C18H18N4OS. The van der Waals surface area contributed by atoms with Crippen LogP contribution in [0.15, 0.2) is 35.0 Å². The van der Waals surface area contributed by atoms with Gasteiger partial charge >= 0.3 is 0 Å². The first kappa shape index (κ1) is 14.2. The third kappa shape index (κ3) is 2.34. The van der Waals surface area contributed by atoms with Crippen LogP contribution in [0.5, 0.6) is 0 Å². The molecule has 4 heterocycles. The zero-order valence-corrected chi connectivity index (χ0v) is 14.3. The molecule has 5 nitrogen and oxygen atoms in total. The maximum atomic E-state index is 5.65. The van der Waals surface area contributed by atoms with Crippen LogP contribution in [0.1, 0.15) is 30.3 Å². The Morgan fingerprint density at radius 1 is 1.21 bits per heavy atom. The van der Waals surface area contributed by atoms with Crippen LogP contribution in [0.3, 0.4) is 0 Å². The number of nitrogens with zero attached hydrogens (tertiary/aromatic N) is 3. The van der Waals surface area contributed by atoms with Gasteiger partial charge in [-0.25, -0.2) is 9.97 Å². The van der Waals surface area contributed by atoms with Crippen LogP contribution in [0.4, 0.5) is 0 Å². The molecular weight excluding hydrogens is 320 g/mol. The van der Waals surface area contributed by atoms with E-state index in [2.05, 4.69) is 39.2 Å². The minimum absolute atomic E-state index is 0.593. The number of nitrogens with one attached hydrogen (secondary N) is 1. The largest absolute Gasteiger partial charge is 0.441 e. The van der Waals surface area contributed by atoms with Crippen LogP contribution in [-0.2, 0) is 0 Å². The van der Waals surface area contributed by atoms with Crippen LogP contribution in [-0.4, -0.2) is 27.5 Å². The number of imidazole rings is 1. The van der Waals surface area contributed by atoms with Crippen molar-refractivity contribution in [3.8, 4) is 10.4 Å². The van der Waals surface area contributed by atoms with Crippen molar-refractivity contribution in [1.29, 1.82) is 0 Å². The first-order valence-corrected chi connectivity index (χ1v) is 9.15. The Balaban J connectivity index is 1.51. The van der Waals surface area contributed by atoms with Gasteiger partial charge in [0.25, 0.3) is 0 Å². The molecule has 0 radical (unpaired) electrons. The standard InChI is InChI=1S/C18H18N4OS/c1-11-20-14-3-2-13(8-16(14)23-11)17-10-22-9-15(21-18(22)24-17)12-4-6-19-7-5-12/h2-3,8-10,12,19H,4-7H2,1H3. The minimum Gasteiger partial charge on any atom is -0.441 e. The first-order valence-electron chi connectivity index (χ1n) is 8.33. The molecule has 0 saturated carbocycles. The maximum Gasteiger partial charge on any atom is 0.194 e. The molecule has 1 aliphatic heterocycles. The van der Waals surface area contributed by atoms with Gasteiger partial charge in [0.1, 0.15) is 5.52 Å². The van der Waals surface area contributed by atoms with Gasteiger partial charge in [0.05, 0.1) is 10.6 Å². The zero-order chi connectivity index (χ0) is 16.1. The number of benzene rings is 1. The smallest absolute Gasteiger partial charge is 0.194 e. The highest BCUT2D eigenvalue weighted by atomic mass is 32.1. The molecule has 24 heavy (non-hydrogen) atoms. The van der Waals surface area contributed by atoms with E-state index in [-0.39, 0.29) is 0 Å². The lowest BCUT2D eigenvalue weighted by molar-refractivity contribution is 0.454. The van der Waals surface area contributed by atoms with Crippen LogP contribution in [0, 0.1) is 6.92 Å². The van der Waals surface area contributed by atoms with E-state index in [0.717, 1.165) is 34.7 Å². The molecule has 3 aromatic heterocycles. The molecule has 0 aliphatic carbocycles. The average molecular weight is 338 g/mol. The van der Waals surface area contributed by atoms with Crippen molar-refractivity contribution in [2.75, 3.05) is 13.1 Å². The molecule has 0 atom stereocenters. The Morgan fingerprint density at radius 2 is 2.08 bits per heavy atom. The van der Waals surface area contributed by atoms with Gasteiger partial charge < -0.3 is 9.73 Å². The molecule has 1 aliphatic rings. The van der Waals surface area contributed by atoms with Crippen molar-refractivity contribution in [2.24, 2.45) is 0 Å². The molecule has 0 amide bonds. The maximum absolute atomic E-state index is 5.65. The van der Waals surface area contributed by atoms with Crippen molar-refractivity contribution >= 4 is 27.4 Å². The van der Waals surface area contributed by atoms with E-state index in [9.17, 15) is 0 Å². The van der Waals surface area contributed by atoms with Crippen LogP contribution >= 0.6 is 11.3 Å². The SMILES string of the molecule is Cc1nc2ccc(-c3cn4cc(C5CCNCC5)nc4s3)cc2o1. The summed E-state index contributed by atoms with van der Waals surface area (Å²) in [6, 6.07) is 6.18. The van der Waals surface area contributed by atoms with Crippen LogP contribution in [0.2, 0.25) is 0 Å².